The number of halogens is 1. The number of benzene rings is 3. The molecule has 0 radical (unpaired) electrons. The number of anilines is 1. The summed E-state index contributed by atoms with van der Waals surface area (Å²) in [7, 11) is 1.59. The van der Waals surface area contributed by atoms with Crippen molar-refractivity contribution < 1.29 is 13.9 Å². The molecule has 162 valence electrons. The fourth-order valence-corrected chi connectivity index (χ4v) is 3.21. The van der Waals surface area contributed by atoms with Gasteiger partial charge in [0, 0.05) is 23.0 Å². The van der Waals surface area contributed by atoms with Crippen LogP contribution in [0.5, 0.6) is 5.75 Å². The minimum absolute atomic E-state index is 0.110. The summed E-state index contributed by atoms with van der Waals surface area (Å²) in [4.78, 5) is 12.7. The van der Waals surface area contributed by atoms with Crippen molar-refractivity contribution in [3.8, 4) is 28.8 Å². The summed E-state index contributed by atoms with van der Waals surface area (Å²) in [6.07, 6.45) is 3.25. The molecule has 3 aromatic carbocycles. The highest BCUT2D eigenvalue weighted by Gasteiger charge is 2.15. The summed E-state index contributed by atoms with van der Waals surface area (Å²) < 4.78 is 20.1. The van der Waals surface area contributed by atoms with Crippen molar-refractivity contribution in [2.24, 2.45) is 0 Å². The Morgan fingerprint density at radius 3 is 2.39 bits per heavy atom. The fourth-order valence-electron chi connectivity index (χ4n) is 3.21. The number of para-hydroxylation sites is 1. The number of ether oxygens (including phenoxy) is 1. The van der Waals surface area contributed by atoms with Gasteiger partial charge in [-0.15, -0.1) is 0 Å². The summed E-state index contributed by atoms with van der Waals surface area (Å²) in [6, 6.07) is 24.1. The van der Waals surface area contributed by atoms with E-state index < -0.39 is 11.7 Å². The van der Waals surface area contributed by atoms with Crippen LogP contribution in [0.25, 0.3) is 23.0 Å². The van der Waals surface area contributed by atoms with E-state index in [0.29, 0.717) is 22.7 Å². The first-order valence-corrected chi connectivity index (χ1v) is 10.1. The predicted molar refractivity (Wildman–Crippen MR) is 124 cm³/mol. The van der Waals surface area contributed by atoms with Crippen molar-refractivity contribution in [1.29, 1.82) is 5.26 Å². The van der Waals surface area contributed by atoms with Gasteiger partial charge in [-0.3, -0.25) is 4.79 Å². The SMILES string of the molecule is COc1ccc(-c2nn(-c3ccccc3)cc2C=C(C#N)C(=O)Nc2ccc(F)cc2)cc1. The number of nitrogens with zero attached hydrogens (tertiary/aromatic N) is 3. The Kier molecular flexibility index (Phi) is 6.28. The molecule has 0 spiro atoms. The average Bonchev–Trinajstić information content (AvgIpc) is 3.28. The fraction of sp³-hybridized carbons (Fsp3) is 0.0385. The van der Waals surface area contributed by atoms with Gasteiger partial charge in [0.2, 0.25) is 0 Å². The molecule has 1 N–H and O–H groups in total. The standard InChI is InChI=1S/C26H19FN4O2/c1-33-24-13-7-18(8-14-24)25-20(17-31(30-25)23-5-3-2-4-6-23)15-19(16-28)26(32)29-22-11-9-21(27)10-12-22/h2-15,17H,1H3,(H,29,32). The highest BCUT2D eigenvalue weighted by atomic mass is 19.1. The Morgan fingerprint density at radius 2 is 1.76 bits per heavy atom. The molecule has 0 saturated carbocycles. The van der Waals surface area contributed by atoms with Gasteiger partial charge in [0.25, 0.3) is 5.91 Å². The highest BCUT2D eigenvalue weighted by molar-refractivity contribution is 6.10. The summed E-state index contributed by atoms with van der Waals surface area (Å²) in [5, 5.41) is 17.0. The van der Waals surface area contributed by atoms with Gasteiger partial charge in [-0.2, -0.15) is 10.4 Å². The number of aromatic nitrogens is 2. The summed E-state index contributed by atoms with van der Waals surface area (Å²) in [5.41, 5.74) is 3.10. The van der Waals surface area contributed by atoms with Crippen LogP contribution in [-0.4, -0.2) is 22.8 Å². The molecule has 0 aliphatic carbocycles. The molecule has 1 heterocycles. The van der Waals surface area contributed by atoms with E-state index in [-0.39, 0.29) is 5.57 Å². The van der Waals surface area contributed by atoms with E-state index in [2.05, 4.69) is 5.32 Å². The van der Waals surface area contributed by atoms with Gasteiger partial charge in [-0.05, 0) is 66.7 Å². The van der Waals surface area contributed by atoms with Gasteiger partial charge in [0.1, 0.15) is 23.2 Å². The number of carbonyl (C=O) groups is 1. The van der Waals surface area contributed by atoms with Crippen molar-refractivity contribution >= 4 is 17.7 Å². The van der Waals surface area contributed by atoms with E-state index >= 15 is 0 Å². The maximum atomic E-state index is 13.1. The number of hydrogen-bond acceptors (Lipinski definition) is 4. The molecule has 0 aliphatic heterocycles. The number of amides is 1. The second-order valence-corrected chi connectivity index (χ2v) is 7.07. The van der Waals surface area contributed by atoms with E-state index in [1.54, 1.807) is 18.0 Å². The highest BCUT2D eigenvalue weighted by Crippen LogP contribution is 2.27. The third-order valence-electron chi connectivity index (χ3n) is 4.89. The monoisotopic (exact) mass is 438 g/mol. The number of nitriles is 1. The normalized spacial score (nSPS) is 11.0. The zero-order valence-corrected chi connectivity index (χ0v) is 17.7. The van der Waals surface area contributed by atoms with Gasteiger partial charge in [-0.1, -0.05) is 18.2 Å². The van der Waals surface area contributed by atoms with Crippen LogP contribution in [-0.2, 0) is 4.79 Å². The Hall–Kier alpha value is -4.70. The minimum Gasteiger partial charge on any atom is -0.497 e. The molecule has 33 heavy (non-hydrogen) atoms. The van der Waals surface area contributed by atoms with Crippen LogP contribution in [0, 0.1) is 17.1 Å². The molecule has 7 heteroatoms. The second kappa shape index (κ2) is 9.62. The van der Waals surface area contributed by atoms with E-state index in [4.69, 9.17) is 9.84 Å². The second-order valence-electron chi connectivity index (χ2n) is 7.07. The molecule has 4 rings (SSSR count). The summed E-state index contributed by atoms with van der Waals surface area (Å²) in [5.74, 6) is -0.312. The van der Waals surface area contributed by atoms with E-state index in [0.717, 1.165) is 11.3 Å². The topological polar surface area (TPSA) is 79.9 Å². The molecular formula is C26H19FN4O2. The Balaban J connectivity index is 1.74. The molecule has 4 aromatic rings. The van der Waals surface area contributed by atoms with Crippen LogP contribution in [0.3, 0.4) is 0 Å². The van der Waals surface area contributed by atoms with E-state index in [1.165, 1.54) is 30.3 Å². The molecule has 0 fully saturated rings. The zero-order valence-electron chi connectivity index (χ0n) is 17.7. The molecule has 1 aromatic heterocycles. The molecule has 0 aliphatic rings. The first-order valence-electron chi connectivity index (χ1n) is 10.1. The minimum atomic E-state index is -0.600. The van der Waals surface area contributed by atoms with Crippen LogP contribution in [0.4, 0.5) is 10.1 Å². The van der Waals surface area contributed by atoms with E-state index in [1.807, 2.05) is 60.7 Å². The molecule has 0 saturated heterocycles. The van der Waals surface area contributed by atoms with Gasteiger partial charge < -0.3 is 10.1 Å². The van der Waals surface area contributed by atoms with Gasteiger partial charge in [0.15, 0.2) is 0 Å². The Bertz CT molecular complexity index is 1340. The predicted octanol–water partition coefficient (Wildman–Crippen LogP) is 5.23. The summed E-state index contributed by atoms with van der Waals surface area (Å²) >= 11 is 0. The number of nitrogens with one attached hydrogen (secondary N) is 1. The molecule has 0 unspecified atom stereocenters. The van der Waals surface area contributed by atoms with Crippen LogP contribution >= 0.6 is 0 Å². The van der Waals surface area contributed by atoms with E-state index in [9.17, 15) is 14.4 Å². The molecule has 1 amide bonds. The summed E-state index contributed by atoms with van der Waals surface area (Å²) in [6.45, 7) is 0. The number of rotatable bonds is 6. The van der Waals surface area contributed by atoms with Crippen molar-refractivity contribution in [2.75, 3.05) is 12.4 Å². The molecular weight excluding hydrogens is 419 g/mol. The third kappa shape index (κ3) is 4.97. The third-order valence-corrected chi connectivity index (χ3v) is 4.89. The smallest absolute Gasteiger partial charge is 0.266 e. The van der Waals surface area contributed by atoms with Gasteiger partial charge >= 0.3 is 0 Å². The van der Waals surface area contributed by atoms with Crippen molar-refractivity contribution in [3.63, 3.8) is 0 Å². The van der Waals surface area contributed by atoms with Crippen LogP contribution in [0.1, 0.15) is 5.56 Å². The lowest BCUT2D eigenvalue weighted by atomic mass is 10.1. The Labute approximate surface area is 190 Å². The lowest BCUT2D eigenvalue weighted by Crippen LogP contribution is -2.13. The Morgan fingerprint density at radius 1 is 1.06 bits per heavy atom. The van der Waals surface area contributed by atoms with Crippen LogP contribution in [0.15, 0.2) is 90.6 Å². The van der Waals surface area contributed by atoms with Crippen LogP contribution < -0.4 is 10.1 Å². The maximum Gasteiger partial charge on any atom is 0.266 e. The number of methoxy groups -OCH3 is 1. The largest absolute Gasteiger partial charge is 0.497 e. The lowest BCUT2D eigenvalue weighted by Gasteiger charge is -2.05. The van der Waals surface area contributed by atoms with Gasteiger partial charge in [0.05, 0.1) is 18.5 Å². The van der Waals surface area contributed by atoms with Crippen LogP contribution in [0.2, 0.25) is 0 Å². The number of carbonyl (C=O) groups excluding carboxylic acids is 1. The quantitative estimate of drug-likeness (QED) is 0.330. The first kappa shape index (κ1) is 21.5. The van der Waals surface area contributed by atoms with Gasteiger partial charge in [-0.25, -0.2) is 9.07 Å². The maximum absolute atomic E-state index is 13.1. The van der Waals surface area contributed by atoms with Crippen molar-refractivity contribution in [3.05, 3.63) is 102 Å². The average molecular weight is 438 g/mol. The van der Waals surface area contributed by atoms with Crippen molar-refractivity contribution in [1.82, 2.24) is 9.78 Å². The zero-order chi connectivity index (χ0) is 23.2. The van der Waals surface area contributed by atoms with Crippen molar-refractivity contribution in [2.45, 2.75) is 0 Å². The molecule has 6 nitrogen and oxygen atoms in total. The molecule has 0 atom stereocenters. The number of hydrogen-bond donors (Lipinski definition) is 1. The lowest BCUT2D eigenvalue weighted by molar-refractivity contribution is -0.112. The first-order chi connectivity index (χ1) is 16.1. The molecule has 0 bridgehead atoms.